The Hall–Kier alpha value is -3.10. The molecule has 0 unspecified atom stereocenters. The fourth-order valence-electron chi connectivity index (χ4n) is 3.53. The number of carbonyl (C=O) groups is 1. The molecule has 184 valence electrons. The summed E-state index contributed by atoms with van der Waals surface area (Å²) >= 11 is 7.84. The van der Waals surface area contributed by atoms with Gasteiger partial charge in [0.25, 0.3) is 0 Å². The Morgan fingerprint density at radius 2 is 1.50 bits per heavy atom. The third-order valence-electron chi connectivity index (χ3n) is 5.42. The lowest BCUT2D eigenvalue weighted by Crippen LogP contribution is -2.37. The second-order valence-corrected chi connectivity index (χ2v) is 11.6. The minimum Gasteiger partial charge on any atom is -0.324 e. The summed E-state index contributed by atoms with van der Waals surface area (Å²) in [6.07, 6.45) is 0. The zero-order valence-electron chi connectivity index (χ0n) is 19.6. The van der Waals surface area contributed by atoms with Gasteiger partial charge >= 0.3 is 0 Å². The van der Waals surface area contributed by atoms with Crippen molar-refractivity contribution in [2.75, 3.05) is 11.9 Å². The zero-order valence-corrected chi connectivity index (χ0v) is 22.0. The van der Waals surface area contributed by atoms with E-state index in [0.717, 1.165) is 19.7 Å². The largest absolute Gasteiger partial charge is 0.324 e. The summed E-state index contributed by atoms with van der Waals surface area (Å²) in [5.74, 6) is -0.446. The molecule has 36 heavy (non-hydrogen) atoms. The summed E-state index contributed by atoms with van der Waals surface area (Å²) in [6.45, 7) is 1.48. The van der Waals surface area contributed by atoms with E-state index in [1.54, 1.807) is 54.6 Å². The van der Waals surface area contributed by atoms with Gasteiger partial charge < -0.3 is 5.32 Å². The average Bonchev–Trinajstić information content (AvgIpc) is 2.87. The van der Waals surface area contributed by atoms with Crippen molar-refractivity contribution >= 4 is 45.0 Å². The molecule has 1 amide bonds. The lowest BCUT2D eigenvalue weighted by molar-refractivity contribution is -0.116. The van der Waals surface area contributed by atoms with Gasteiger partial charge in [-0.2, -0.15) is 4.31 Å². The molecule has 0 saturated heterocycles. The van der Waals surface area contributed by atoms with Gasteiger partial charge in [0.05, 0.1) is 17.1 Å². The van der Waals surface area contributed by atoms with Crippen molar-refractivity contribution in [3.8, 4) is 0 Å². The molecule has 0 radical (unpaired) electrons. The van der Waals surface area contributed by atoms with Crippen molar-refractivity contribution in [3.05, 3.63) is 119 Å². The number of para-hydroxylation sites is 1. The molecule has 0 atom stereocenters. The molecular formula is C28H25ClN2O3S2. The highest BCUT2D eigenvalue weighted by molar-refractivity contribution is 7.99. The van der Waals surface area contributed by atoms with Gasteiger partial charge in [0.1, 0.15) is 0 Å². The lowest BCUT2D eigenvalue weighted by Gasteiger charge is -2.23. The molecule has 4 aromatic rings. The van der Waals surface area contributed by atoms with E-state index >= 15 is 0 Å². The average molecular weight is 537 g/mol. The van der Waals surface area contributed by atoms with Crippen LogP contribution in [0.3, 0.4) is 0 Å². The van der Waals surface area contributed by atoms with Crippen LogP contribution in [0, 0.1) is 6.92 Å². The Kier molecular flexibility index (Phi) is 8.48. The van der Waals surface area contributed by atoms with E-state index in [4.69, 9.17) is 11.6 Å². The van der Waals surface area contributed by atoms with E-state index in [1.165, 1.54) is 11.8 Å². The second-order valence-electron chi connectivity index (χ2n) is 8.14. The normalized spacial score (nSPS) is 11.4. The van der Waals surface area contributed by atoms with E-state index in [0.29, 0.717) is 16.3 Å². The van der Waals surface area contributed by atoms with Crippen LogP contribution in [0.15, 0.2) is 118 Å². The minimum absolute atomic E-state index is 0.0380. The van der Waals surface area contributed by atoms with Crippen LogP contribution in [0.1, 0.15) is 11.1 Å². The number of hydrogen-bond acceptors (Lipinski definition) is 4. The Bertz CT molecular complexity index is 1440. The molecule has 4 aromatic carbocycles. The Morgan fingerprint density at radius 3 is 2.22 bits per heavy atom. The van der Waals surface area contributed by atoms with E-state index in [1.807, 2.05) is 55.5 Å². The lowest BCUT2D eigenvalue weighted by atomic mass is 10.2. The maximum absolute atomic E-state index is 13.6. The number of benzene rings is 4. The number of sulfonamides is 1. The molecule has 5 nitrogen and oxygen atoms in total. The maximum atomic E-state index is 13.6. The van der Waals surface area contributed by atoms with Crippen LogP contribution in [-0.2, 0) is 21.4 Å². The van der Waals surface area contributed by atoms with Gasteiger partial charge in [-0.15, -0.1) is 0 Å². The highest BCUT2D eigenvalue weighted by atomic mass is 35.5. The number of halogens is 1. The van der Waals surface area contributed by atoms with Gasteiger partial charge in [-0.1, -0.05) is 89.6 Å². The standard InChI is InChI=1S/C28H25ClN2O3S2/c1-21-15-17-24(18-16-21)36(33,34)31(19-22-9-5-6-12-25(22)29)20-28(32)30-26-13-7-8-14-27(26)35-23-10-3-2-4-11-23/h2-18H,19-20H2,1H3,(H,30,32). The highest BCUT2D eigenvalue weighted by Gasteiger charge is 2.28. The molecule has 8 heteroatoms. The Balaban J connectivity index is 1.59. The molecule has 1 N–H and O–H groups in total. The minimum atomic E-state index is -3.97. The van der Waals surface area contributed by atoms with Crippen LogP contribution in [0.25, 0.3) is 0 Å². The predicted molar refractivity (Wildman–Crippen MR) is 146 cm³/mol. The molecule has 4 rings (SSSR count). The third kappa shape index (κ3) is 6.56. The molecule has 0 aromatic heterocycles. The molecule has 0 bridgehead atoms. The topological polar surface area (TPSA) is 66.5 Å². The molecule has 0 saturated carbocycles. The van der Waals surface area contributed by atoms with Gasteiger partial charge in [0.2, 0.25) is 15.9 Å². The summed E-state index contributed by atoms with van der Waals surface area (Å²) in [5, 5.41) is 3.33. The van der Waals surface area contributed by atoms with E-state index in [2.05, 4.69) is 5.32 Å². The Labute approximate surface area is 221 Å². The second kappa shape index (κ2) is 11.8. The van der Waals surface area contributed by atoms with Crippen molar-refractivity contribution in [1.29, 1.82) is 0 Å². The van der Waals surface area contributed by atoms with E-state index in [9.17, 15) is 13.2 Å². The number of nitrogens with one attached hydrogen (secondary N) is 1. The van der Waals surface area contributed by atoms with Crippen molar-refractivity contribution in [2.45, 2.75) is 28.2 Å². The SMILES string of the molecule is Cc1ccc(S(=O)(=O)N(CC(=O)Nc2ccccc2Sc2ccccc2)Cc2ccccc2Cl)cc1. The first-order chi connectivity index (χ1) is 17.3. The number of amides is 1. The van der Waals surface area contributed by atoms with Crippen LogP contribution < -0.4 is 5.32 Å². The van der Waals surface area contributed by atoms with Crippen molar-refractivity contribution < 1.29 is 13.2 Å². The number of hydrogen-bond donors (Lipinski definition) is 1. The summed E-state index contributed by atoms with van der Waals surface area (Å²) in [7, 11) is -3.97. The van der Waals surface area contributed by atoms with Gasteiger partial charge in [-0.3, -0.25) is 4.79 Å². The van der Waals surface area contributed by atoms with Crippen LogP contribution >= 0.6 is 23.4 Å². The number of rotatable bonds is 9. The monoisotopic (exact) mass is 536 g/mol. The number of nitrogens with zero attached hydrogens (tertiary/aromatic N) is 1. The smallest absolute Gasteiger partial charge is 0.243 e. The predicted octanol–water partition coefficient (Wildman–Crippen LogP) is 6.63. The third-order valence-corrected chi connectivity index (χ3v) is 8.67. The van der Waals surface area contributed by atoms with E-state index < -0.39 is 15.9 Å². The van der Waals surface area contributed by atoms with Crippen molar-refractivity contribution in [3.63, 3.8) is 0 Å². The molecule has 0 fully saturated rings. The summed E-state index contributed by atoms with van der Waals surface area (Å²) in [5.41, 5.74) is 2.17. The van der Waals surface area contributed by atoms with Crippen LogP contribution in [0.4, 0.5) is 5.69 Å². The summed E-state index contributed by atoms with van der Waals surface area (Å²) < 4.78 is 28.3. The van der Waals surface area contributed by atoms with E-state index in [-0.39, 0.29) is 18.0 Å². The summed E-state index contributed by atoms with van der Waals surface area (Å²) in [6, 6.07) is 30.8. The quantitative estimate of drug-likeness (QED) is 0.261. The number of carbonyl (C=O) groups excluding carboxylic acids is 1. The van der Waals surface area contributed by atoms with Crippen LogP contribution in [0.5, 0.6) is 0 Å². The number of anilines is 1. The zero-order chi connectivity index (χ0) is 25.5. The maximum Gasteiger partial charge on any atom is 0.243 e. The first-order valence-electron chi connectivity index (χ1n) is 11.2. The number of aryl methyl sites for hydroxylation is 1. The summed E-state index contributed by atoms with van der Waals surface area (Å²) in [4.78, 5) is 15.2. The van der Waals surface area contributed by atoms with Gasteiger partial charge in [-0.25, -0.2) is 8.42 Å². The molecule has 0 heterocycles. The molecule has 0 aliphatic carbocycles. The molecular weight excluding hydrogens is 512 g/mol. The molecule has 0 aliphatic heterocycles. The highest BCUT2D eigenvalue weighted by Crippen LogP contribution is 2.33. The van der Waals surface area contributed by atoms with Crippen molar-refractivity contribution in [1.82, 2.24) is 4.31 Å². The molecule has 0 spiro atoms. The van der Waals surface area contributed by atoms with Crippen LogP contribution in [-0.4, -0.2) is 25.2 Å². The van der Waals surface area contributed by atoms with Gasteiger partial charge in [-0.05, 0) is 55.0 Å². The first-order valence-corrected chi connectivity index (χ1v) is 13.9. The molecule has 0 aliphatic rings. The fraction of sp³-hybridized carbons (Fsp3) is 0.107. The van der Waals surface area contributed by atoms with Gasteiger partial charge in [0.15, 0.2) is 0 Å². The van der Waals surface area contributed by atoms with Crippen LogP contribution in [0.2, 0.25) is 5.02 Å². The fourth-order valence-corrected chi connectivity index (χ4v) is 6.02. The van der Waals surface area contributed by atoms with Gasteiger partial charge in [0, 0.05) is 21.4 Å². The van der Waals surface area contributed by atoms with Crippen molar-refractivity contribution in [2.24, 2.45) is 0 Å². The Morgan fingerprint density at radius 1 is 0.861 bits per heavy atom. The first kappa shape index (κ1) is 26.0.